The molecule has 0 bridgehead atoms. The predicted molar refractivity (Wildman–Crippen MR) is 111 cm³/mol. The fraction of sp³-hybridized carbons (Fsp3) is 0.261. The molecule has 8 nitrogen and oxygen atoms in total. The summed E-state index contributed by atoms with van der Waals surface area (Å²) in [5.41, 5.74) is 0.502. The number of nitrogens with zero attached hydrogens (tertiary/aromatic N) is 1. The first-order chi connectivity index (χ1) is 15.0. The Morgan fingerprint density at radius 2 is 1.97 bits per heavy atom. The van der Waals surface area contributed by atoms with Crippen LogP contribution in [-0.4, -0.2) is 27.8 Å². The fourth-order valence-corrected chi connectivity index (χ4v) is 3.13. The van der Waals surface area contributed by atoms with E-state index in [0.717, 1.165) is 6.07 Å². The van der Waals surface area contributed by atoms with Crippen LogP contribution in [0, 0.1) is 0 Å². The number of aromatic nitrogens is 1. The number of aromatic hydroxyl groups is 1. The van der Waals surface area contributed by atoms with Gasteiger partial charge in [-0.25, -0.2) is 0 Å². The van der Waals surface area contributed by atoms with Crippen molar-refractivity contribution in [2.24, 2.45) is 0 Å². The van der Waals surface area contributed by atoms with Crippen molar-refractivity contribution in [1.29, 1.82) is 0 Å². The first-order valence-electron chi connectivity index (χ1n) is 9.77. The lowest BCUT2D eigenvalue weighted by Crippen LogP contribution is -2.16. The third kappa shape index (κ3) is 5.49. The monoisotopic (exact) mass is 425 g/mol. The molecule has 162 valence electrons. The van der Waals surface area contributed by atoms with E-state index in [1.165, 1.54) is 0 Å². The van der Waals surface area contributed by atoms with Crippen molar-refractivity contribution in [2.75, 3.05) is 6.61 Å². The van der Waals surface area contributed by atoms with Crippen LogP contribution < -0.4 is 10.2 Å². The van der Waals surface area contributed by atoms with E-state index in [1.807, 2.05) is 12.1 Å². The Hall–Kier alpha value is -3.65. The Morgan fingerprint density at radius 3 is 2.68 bits per heavy atom. The van der Waals surface area contributed by atoms with Crippen LogP contribution in [0.1, 0.15) is 42.0 Å². The number of ether oxygens (including phenoxy) is 2. The first kappa shape index (κ1) is 22.0. The van der Waals surface area contributed by atoms with E-state index in [1.54, 1.807) is 43.5 Å². The SMILES string of the molecule is CCOC(=O)C[C@H](c1ccccc1OCc1ccccn1)c1oc(CO)cc(=O)c1O. The van der Waals surface area contributed by atoms with Crippen LogP contribution >= 0.6 is 0 Å². The molecule has 3 aromatic rings. The highest BCUT2D eigenvalue weighted by molar-refractivity contribution is 5.71. The molecule has 0 saturated heterocycles. The highest BCUT2D eigenvalue weighted by atomic mass is 16.5. The molecule has 0 aliphatic heterocycles. The standard InChI is InChI=1S/C23H23NO7/c1-2-29-21(27)12-18(23-22(28)19(26)11-16(13-25)31-23)17-8-3-4-9-20(17)30-14-15-7-5-6-10-24-15/h3-11,18,25,28H,2,12-14H2,1H3/t18-/m1/s1. The lowest BCUT2D eigenvalue weighted by Gasteiger charge is -2.20. The summed E-state index contributed by atoms with van der Waals surface area (Å²) < 4.78 is 16.6. The molecule has 31 heavy (non-hydrogen) atoms. The quantitative estimate of drug-likeness (QED) is 0.502. The van der Waals surface area contributed by atoms with Crippen LogP contribution in [0.25, 0.3) is 0 Å². The minimum atomic E-state index is -0.877. The van der Waals surface area contributed by atoms with Crippen LogP contribution in [0.15, 0.2) is 63.9 Å². The van der Waals surface area contributed by atoms with Gasteiger partial charge in [0, 0.05) is 17.8 Å². The van der Waals surface area contributed by atoms with E-state index >= 15 is 0 Å². The van der Waals surface area contributed by atoms with Crippen LogP contribution in [0.3, 0.4) is 0 Å². The molecular weight excluding hydrogens is 402 g/mol. The van der Waals surface area contributed by atoms with Crippen molar-refractivity contribution in [1.82, 2.24) is 4.98 Å². The predicted octanol–water partition coefficient (Wildman–Crippen LogP) is 2.90. The first-order valence-corrected chi connectivity index (χ1v) is 9.77. The Bertz CT molecular complexity index is 1080. The summed E-state index contributed by atoms with van der Waals surface area (Å²) in [6.07, 6.45) is 1.45. The fourth-order valence-electron chi connectivity index (χ4n) is 3.13. The second kappa shape index (κ2) is 10.4. The topological polar surface area (TPSA) is 119 Å². The number of hydrogen-bond donors (Lipinski definition) is 2. The molecule has 0 radical (unpaired) electrons. The lowest BCUT2D eigenvalue weighted by molar-refractivity contribution is -0.143. The summed E-state index contributed by atoms with van der Waals surface area (Å²) in [4.78, 5) is 28.7. The molecule has 3 rings (SSSR count). The molecule has 1 aromatic carbocycles. The summed E-state index contributed by atoms with van der Waals surface area (Å²) in [6, 6.07) is 13.4. The van der Waals surface area contributed by atoms with Gasteiger partial charge in [0.05, 0.1) is 24.6 Å². The third-order valence-corrected chi connectivity index (χ3v) is 4.54. The maximum atomic E-state index is 12.3. The van der Waals surface area contributed by atoms with E-state index in [4.69, 9.17) is 13.9 Å². The third-order valence-electron chi connectivity index (χ3n) is 4.54. The number of aliphatic hydroxyl groups excluding tert-OH is 1. The number of carbonyl (C=O) groups excluding carboxylic acids is 1. The zero-order valence-electron chi connectivity index (χ0n) is 17.0. The maximum Gasteiger partial charge on any atom is 0.306 e. The number of esters is 1. The molecule has 0 amide bonds. The van der Waals surface area contributed by atoms with Crippen molar-refractivity contribution in [3.05, 3.63) is 87.7 Å². The van der Waals surface area contributed by atoms with Gasteiger partial charge in [-0.15, -0.1) is 0 Å². The summed E-state index contributed by atoms with van der Waals surface area (Å²) in [7, 11) is 0. The molecular formula is C23H23NO7. The number of para-hydroxylation sites is 1. The molecule has 1 atom stereocenters. The zero-order valence-corrected chi connectivity index (χ0v) is 17.0. The summed E-state index contributed by atoms with van der Waals surface area (Å²) in [6.45, 7) is 1.50. The second-order valence-corrected chi connectivity index (χ2v) is 6.66. The van der Waals surface area contributed by atoms with Crippen molar-refractivity contribution in [3.8, 4) is 11.5 Å². The van der Waals surface area contributed by atoms with Crippen LogP contribution in [0.2, 0.25) is 0 Å². The molecule has 2 aromatic heterocycles. The van der Waals surface area contributed by atoms with Gasteiger partial charge < -0.3 is 24.1 Å². The minimum absolute atomic E-state index is 0.0291. The van der Waals surface area contributed by atoms with E-state index in [-0.39, 0.29) is 31.2 Å². The lowest BCUT2D eigenvalue weighted by atomic mass is 9.91. The minimum Gasteiger partial charge on any atom is -0.502 e. The Balaban J connectivity index is 2.04. The summed E-state index contributed by atoms with van der Waals surface area (Å²) >= 11 is 0. The van der Waals surface area contributed by atoms with Crippen molar-refractivity contribution < 1.29 is 28.9 Å². The van der Waals surface area contributed by atoms with Crippen LogP contribution in [-0.2, 0) is 22.7 Å². The van der Waals surface area contributed by atoms with Gasteiger partial charge >= 0.3 is 5.97 Å². The average Bonchev–Trinajstić information content (AvgIpc) is 2.79. The highest BCUT2D eigenvalue weighted by Gasteiger charge is 2.29. The van der Waals surface area contributed by atoms with E-state index < -0.39 is 29.7 Å². The molecule has 0 unspecified atom stereocenters. The van der Waals surface area contributed by atoms with Gasteiger partial charge in [0.1, 0.15) is 24.7 Å². The zero-order chi connectivity index (χ0) is 22.2. The molecule has 0 aliphatic rings. The maximum absolute atomic E-state index is 12.3. The van der Waals surface area contributed by atoms with Crippen LogP contribution in [0.5, 0.6) is 11.5 Å². The second-order valence-electron chi connectivity index (χ2n) is 6.66. The van der Waals surface area contributed by atoms with Crippen molar-refractivity contribution >= 4 is 5.97 Å². The van der Waals surface area contributed by atoms with Crippen molar-refractivity contribution in [2.45, 2.75) is 32.5 Å². The Labute approximate surface area is 178 Å². The van der Waals surface area contributed by atoms with Gasteiger partial charge in [0.15, 0.2) is 5.76 Å². The number of pyridine rings is 1. The van der Waals surface area contributed by atoms with Gasteiger partial charge in [-0.05, 0) is 25.1 Å². The summed E-state index contributed by atoms with van der Waals surface area (Å²) in [5.74, 6) is -1.79. The molecule has 0 spiro atoms. The molecule has 0 aliphatic carbocycles. The van der Waals surface area contributed by atoms with Gasteiger partial charge in [0.25, 0.3) is 0 Å². The van der Waals surface area contributed by atoms with Gasteiger partial charge in [0.2, 0.25) is 11.2 Å². The van der Waals surface area contributed by atoms with Crippen LogP contribution in [0.4, 0.5) is 0 Å². The normalized spacial score (nSPS) is 11.7. The van der Waals surface area contributed by atoms with Gasteiger partial charge in [-0.1, -0.05) is 24.3 Å². The smallest absolute Gasteiger partial charge is 0.306 e. The number of rotatable bonds is 9. The van der Waals surface area contributed by atoms with Gasteiger partial charge in [-0.2, -0.15) is 0 Å². The summed E-state index contributed by atoms with van der Waals surface area (Å²) in [5, 5.41) is 19.8. The highest BCUT2D eigenvalue weighted by Crippen LogP contribution is 2.38. The largest absolute Gasteiger partial charge is 0.502 e. The molecule has 0 fully saturated rings. The molecule has 8 heteroatoms. The number of carbonyl (C=O) groups is 1. The Kier molecular flexibility index (Phi) is 7.40. The number of aliphatic hydroxyl groups is 1. The molecule has 0 saturated carbocycles. The number of benzene rings is 1. The van der Waals surface area contributed by atoms with E-state index in [9.17, 15) is 19.8 Å². The van der Waals surface area contributed by atoms with E-state index in [0.29, 0.717) is 17.0 Å². The van der Waals surface area contributed by atoms with Gasteiger partial charge in [-0.3, -0.25) is 14.6 Å². The van der Waals surface area contributed by atoms with E-state index in [2.05, 4.69) is 4.98 Å². The molecule has 2 heterocycles. The Morgan fingerprint density at radius 1 is 1.19 bits per heavy atom. The van der Waals surface area contributed by atoms with Crippen molar-refractivity contribution in [3.63, 3.8) is 0 Å². The molecule has 2 N–H and O–H groups in total. The number of hydrogen-bond acceptors (Lipinski definition) is 8. The average molecular weight is 425 g/mol.